The van der Waals surface area contributed by atoms with E-state index in [4.69, 9.17) is 4.74 Å². The number of aryl methyl sites for hydroxylation is 1. The van der Waals surface area contributed by atoms with Crippen molar-refractivity contribution in [2.45, 2.75) is 47.5 Å². The molecule has 0 saturated carbocycles. The first kappa shape index (κ1) is 21.5. The fraction of sp³-hybridized carbons (Fsp3) is 0.280. The molecule has 0 radical (unpaired) electrons. The van der Waals surface area contributed by atoms with E-state index >= 15 is 0 Å². The van der Waals surface area contributed by atoms with Crippen molar-refractivity contribution in [3.63, 3.8) is 0 Å². The lowest BCUT2D eigenvalue weighted by Crippen LogP contribution is -2.08. The van der Waals surface area contributed by atoms with Crippen molar-refractivity contribution in [3.05, 3.63) is 77.4 Å². The van der Waals surface area contributed by atoms with Crippen molar-refractivity contribution in [2.75, 3.05) is 0 Å². The van der Waals surface area contributed by atoms with Crippen LogP contribution in [0.15, 0.2) is 44.0 Å². The average molecular weight is 349 g/mol. The predicted molar refractivity (Wildman–Crippen MR) is 118 cm³/mol. The van der Waals surface area contributed by atoms with E-state index in [9.17, 15) is 0 Å². The van der Waals surface area contributed by atoms with Crippen molar-refractivity contribution in [1.29, 1.82) is 0 Å². The van der Waals surface area contributed by atoms with Crippen LogP contribution in [0.2, 0.25) is 0 Å². The van der Waals surface area contributed by atoms with Gasteiger partial charge in [-0.05, 0) is 28.7 Å². The lowest BCUT2D eigenvalue weighted by Gasteiger charge is -2.25. The Morgan fingerprint density at radius 3 is 1.85 bits per heavy atom. The number of benzene rings is 2. The molecule has 0 spiro atoms. The van der Waals surface area contributed by atoms with Gasteiger partial charge in [-0.25, -0.2) is 0 Å². The lowest BCUT2D eigenvalue weighted by molar-refractivity contribution is 0.457. The van der Waals surface area contributed by atoms with Crippen LogP contribution in [-0.2, 0) is 12.8 Å². The molecule has 1 heteroatoms. The maximum Gasteiger partial charge on any atom is 0.138 e. The third-order valence-electron chi connectivity index (χ3n) is 4.27. The maximum atomic E-state index is 6.32. The van der Waals surface area contributed by atoms with Crippen molar-refractivity contribution < 1.29 is 4.74 Å². The van der Waals surface area contributed by atoms with Crippen molar-refractivity contribution in [2.24, 2.45) is 0 Å². The lowest BCUT2D eigenvalue weighted by atomic mass is 9.91. The van der Waals surface area contributed by atoms with Crippen LogP contribution < -0.4 is 4.74 Å². The van der Waals surface area contributed by atoms with Crippen LogP contribution in [0.3, 0.4) is 0 Å². The predicted octanol–water partition coefficient (Wildman–Crippen LogP) is 7.93. The molecule has 0 fully saturated rings. The minimum atomic E-state index is 0.869. The summed E-state index contributed by atoms with van der Waals surface area (Å²) < 4.78 is 6.32. The Labute approximate surface area is 159 Å². The van der Waals surface area contributed by atoms with Crippen molar-refractivity contribution >= 4 is 18.2 Å². The van der Waals surface area contributed by atoms with Crippen LogP contribution in [0.5, 0.6) is 11.5 Å². The molecule has 0 bridgehead atoms. The van der Waals surface area contributed by atoms with Gasteiger partial charge >= 0.3 is 0 Å². The van der Waals surface area contributed by atoms with E-state index in [-0.39, 0.29) is 0 Å². The largest absolute Gasteiger partial charge is 0.455 e. The van der Waals surface area contributed by atoms with Gasteiger partial charge in [0.05, 0.1) is 0 Å². The molecule has 0 unspecified atom stereocenters. The summed E-state index contributed by atoms with van der Waals surface area (Å²) in [5.74, 6) is 1.84. The van der Waals surface area contributed by atoms with Crippen LogP contribution in [0.1, 0.15) is 68.0 Å². The molecule has 2 aromatic rings. The Hall–Kier alpha value is -2.54. The highest BCUT2D eigenvalue weighted by molar-refractivity contribution is 5.74. The minimum Gasteiger partial charge on any atom is -0.455 e. The molecule has 0 atom stereocenters. The monoisotopic (exact) mass is 348 g/mol. The zero-order valence-electron chi connectivity index (χ0n) is 17.0. The highest BCUT2D eigenvalue weighted by Crippen LogP contribution is 2.43. The Morgan fingerprint density at radius 1 is 0.808 bits per heavy atom. The number of hydrogen-bond acceptors (Lipinski definition) is 1. The number of rotatable bonds is 4. The molecule has 3 rings (SSSR count). The highest BCUT2D eigenvalue weighted by Gasteiger charge is 2.23. The molecule has 1 nitrogen and oxygen atoms in total. The molecule has 0 aliphatic carbocycles. The van der Waals surface area contributed by atoms with Crippen LogP contribution in [-0.4, -0.2) is 0 Å². The third-order valence-corrected chi connectivity index (χ3v) is 4.27. The Bertz CT molecular complexity index is 781. The quantitative estimate of drug-likeness (QED) is 0.465. The molecule has 2 aromatic carbocycles. The smallest absolute Gasteiger partial charge is 0.138 e. The summed E-state index contributed by atoms with van der Waals surface area (Å²) in [6.07, 6.45) is 7.42. The second-order valence-electron chi connectivity index (χ2n) is 5.43. The zero-order chi connectivity index (χ0) is 19.7. The summed E-state index contributed by atoms with van der Waals surface area (Å²) >= 11 is 0. The van der Waals surface area contributed by atoms with Gasteiger partial charge in [-0.3, -0.25) is 0 Å². The van der Waals surface area contributed by atoms with Crippen molar-refractivity contribution in [3.8, 4) is 11.5 Å². The molecule has 0 amide bonds. The first-order chi connectivity index (χ1) is 12.7. The van der Waals surface area contributed by atoms with E-state index in [1.807, 2.05) is 45.9 Å². The summed E-state index contributed by atoms with van der Waals surface area (Å²) in [7, 11) is 0. The van der Waals surface area contributed by atoms with Gasteiger partial charge in [0, 0.05) is 17.5 Å². The molecule has 0 saturated heterocycles. The van der Waals surface area contributed by atoms with Crippen LogP contribution in [0.4, 0.5) is 0 Å². The standard InChI is InChI=1S/C21H20O.2C2H6/c1-5-14-9-11-16-13-17-12-10-15(6-2)19(8-4)21(17)22-20(16)18(14)7-3;2*1-2/h5,7-12H,1,3-4,6,13H2,2H3;2*1-2H3. The van der Waals surface area contributed by atoms with Crippen LogP contribution in [0, 0.1) is 0 Å². The first-order valence-electron chi connectivity index (χ1n) is 9.59. The molecule has 0 aromatic heterocycles. The number of fused-ring (bicyclic) bond motifs is 2. The van der Waals surface area contributed by atoms with Crippen LogP contribution in [0.25, 0.3) is 18.2 Å². The number of hydrogen-bond donors (Lipinski definition) is 0. The summed E-state index contributed by atoms with van der Waals surface area (Å²) in [6, 6.07) is 8.53. The molecule has 26 heavy (non-hydrogen) atoms. The third kappa shape index (κ3) is 3.99. The SMILES string of the molecule is C=Cc1ccc2c(c1C=C)Oc1c(ccc(CC)c1C=C)C2.CC.CC. The van der Waals surface area contributed by atoms with Gasteiger partial charge in [0.2, 0.25) is 0 Å². The fourth-order valence-corrected chi connectivity index (χ4v) is 3.09. The number of ether oxygens (including phenoxy) is 1. The van der Waals surface area contributed by atoms with Gasteiger partial charge in [-0.1, -0.05) is 96.8 Å². The first-order valence-corrected chi connectivity index (χ1v) is 9.59. The van der Waals surface area contributed by atoms with Crippen molar-refractivity contribution in [1.82, 2.24) is 0 Å². The Morgan fingerprint density at radius 2 is 1.35 bits per heavy atom. The average Bonchev–Trinajstić information content (AvgIpc) is 2.73. The van der Waals surface area contributed by atoms with Gasteiger partial charge in [-0.2, -0.15) is 0 Å². The minimum absolute atomic E-state index is 0.869. The van der Waals surface area contributed by atoms with E-state index in [2.05, 4.69) is 50.9 Å². The summed E-state index contributed by atoms with van der Waals surface area (Å²) in [4.78, 5) is 0. The van der Waals surface area contributed by atoms with E-state index < -0.39 is 0 Å². The maximum absolute atomic E-state index is 6.32. The van der Waals surface area contributed by atoms with Gasteiger partial charge in [0.25, 0.3) is 0 Å². The molecule has 0 N–H and O–H groups in total. The molecule has 1 heterocycles. The Balaban J connectivity index is 0.000000791. The van der Waals surface area contributed by atoms with Gasteiger partial charge in [-0.15, -0.1) is 0 Å². The van der Waals surface area contributed by atoms with E-state index in [0.29, 0.717) is 0 Å². The second-order valence-corrected chi connectivity index (χ2v) is 5.43. The van der Waals surface area contributed by atoms with E-state index in [1.54, 1.807) is 0 Å². The second kappa shape index (κ2) is 10.5. The van der Waals surface area contributed by atoms with Gasteiger partial charge in [0.15, 0.2) is 0 Å². The molecule has 1 aliphatic rings. The summed E-state index contributed by atoms with van der Waals surface area (Å²) in [5.41, 5.74) is 6.81. The molecule has 1 aliphatic heterocycles. The van der Waals surface area contributed by atoms with E-state index in [1.165, 1.54) is 16.7 Å². The molecular weight excluding hydrogens is 316 g/mol. The normalized spacial score (nSPS) is 10.5. The molecular formula is C25H32O. The topological polar surface area (TPSA) is 9.23 Å². The Kier molecular flexibility index (Phi) is 8.64. The van der Waals surface area contributed by atoms with Crippen LogP contribution >= 0.6 is 0 Å². The molecule has 138 valence electrons. The van der Waals surface area contributed by atoms with Gasteiger partial charge < -0.3 is 4.74 Å². The summed E-state index contributed by atoms with van der Waals surface area (Å²) in [6.45, 7) is 21.9. The van der Waals surface area contributed by atoms with Gasteiger partial charge in [0.1, 0.15) is 11.5 Å². The highest BCUT2D eigenvalue weighted by atomic mass is 16.5. The fourth-order valence-electron chi connectivity index (χ4n) is 3.09. The van der Waals surface area contributed by atoms with E-state index in [0.717, 1.165) is 41.0 Å². The zero-order valence-corrected chi connectivity index (χ0v) is 17.0. The summed E-state index contributed by atoms with van der Waals surface area (Å²) in [5, 5.41) is 0.